The van der Waals surface area contributed by atoms with Crippen molar-refractivity contribution in [1.82, 2.24) is 10.5 Å². The molecule has 0 aromatic heterocycles. The van der Waals surface area contributed by atoms with Gasteiger partial charge in [-0.05, 0) is 13.8 Å². The van der Waals surface area contributed by atoms with Gasteiger partial charge < -0.3 is 10.4 Å². The Kier molecular flexibility index (Phi) is 2.36. The Bertz CT molecular complexity index is 72.4. The maximum Gasteiger partial charge on any atom is 0.111 e. The van der Waals surface area contributed by atoms with E-state index in [9.17, 15) is 0 Å². The van der Waals surface area contributed by atoms with Crippen molar-refractivity contribution in [3.05, 3.63) is 0 Å². The molecule has 0 aliphatic rings. The molecule has 0 aromatic carbocycles. The lowest BCUT2D eigenvalue weighted by Gasteiger charge is -2.27. The van der Waals surface area contributed by atoms with Gasteiger partial charge in [0.05, 0.1) is 0 Å². The van der Waals surface area contributed by atoms with Gasteiger partial charge in [0.2, 0.25) is 0 Å². The summed E-state index contributed by atoms with van der Waals surface area (Å²) in [5.74, 6) is 0. The summed E-state index contributed by atoms with van der Waals surface area (Å²) in [7, 11) is 1.45. The van der Waals surface area contributed by atoms with Gasteiger partial charge in [0.25, 0.3) is 0 Å². The molecule has 0 aliphatic carbocycles. The first-order chi connectivity index (χ1) is 3.50. The van der Waals surface area contributed by atoms with Gasteiger partial charge in [0, 0.05) is 7.05 Å². The second-order valence-electron chi connectivity index (χ2n) is 2.19. The molecule has 8 heavy (non-hydrogen) atoms. The highest BCUT2D eigenvalue weighted by Gasteiger charge is 2.19. The van der Waals surface area contributed by atoms with Crippen LogP contribution in [0.4, 0.5) is 0 Å². The first kappa shape index (κ1) is 7.84. The molecule has 4 nitrogen and oxygen atoms in total. The molecule has 4 heteroatoms. The molecule has 0 spiro atoms. The predicted octanol–water partition coefficient (Wildman–Crippen LogP) is 0.0223. The molecule has 0 fully saturated rings. The Morgan fingerprint density at radius 2 is 1.88 bits per heavy atom. The van der Waals surface area contributed by atoms with Crippen molar-refractivity contribution < 1.29 is 10.4 Å². The average molecular weight is 120 g/mol. The molecule has 0 radical (unpaired) electrons. The van der Waals surface area contributed by atoms with E-state index in [0.717, 1.165) is 5.06 Å². The molecular weight excluding hydrogens is 108 g/mol. The molecule has 0 heterocycles. The van der Waals surface area contributed by atoms with Crippen LogP contribution in [0.2, 0.25) is 0 Å². The fraction of sp³-hybridized carbons (Fsp3) is 1.00. The van der Waals surface area contributed by atoms with Gasteiger partial charge in [0.15, 0.2) is 0 Å². The maximum absolute atomic E-state index is 8.69. The third-order valence-corrected chi connectivity index (χ3v) is 1.08. The molecule has 0 bridgehead atoms. The molecule has 50 valence electrons. The number of rotatable bonds is 2. The van der Waals surface area contributed by atoms with E-state index in [4.69, 9.17) is 10.4 Å². The summed E-state index contributed by atoms with van der Waals surface area (Å²) in [5.41, 5.74) is 1.15. The second-order valence-corrected chi connectivity index (χ2v) is 2.19. The zero-order chi connectivity index (χ0) is 6.78. The zero-order valence-corrected chi connectivity index (χ0v) is 5.34. The van der Waals surface area contributed by atoms with Crippen LogP contribution in [0, 0.1) is 0 Å². The van der Waals surface area contributed by atoms with Crippen molar-refractivity contribution in [3.63, 3.8) is 0 Å². The summed E-state index contributed by atoms with van der Waals surface area (Å²) in [5, 5.41) is 17.9. The molecule has 0 saturated carbocycles. The standard InChI is InChI=1S/C4H12N2O2/c1-4(2,5-7)6(3)8/h5,7-8H,1-3H3. The van der Waals surface area contributed by atoms with E-state index in [1.54, 1.807) is 13.8 Å². The van der Waals surface area contributed by atoms with Crippen molar-refractivity contribution in [2.75, 3.05) is 7.05 Å². The van der Waals surface area contributed by atoms with Gasteiger partial charge in [-0.25, -0.2) is 0 Å². The summed E-state index contributed by atoms with van der Waals surface area (Å²) in [6.07, 6.45) is 0. The van der Waals surface area contributed by atoms with Gasteiger partial charge in [-0.2, -0.15) is 10.5 Å². The van der Waals surface area contributed by atoms with Gasteiger partial charge in [-0.15, -0.1) is 0 Å². The molecule has 0 unspecified atom stereocenters. The summed E-state index contributed by atoms with van der Waals surface area (Å²) in [6, 6.07) is 0. The number of nitrogens with one attached hydrogen (secondary N) is 1. The lowest BCUT2D eigenvalue weighted by atomic mass is 10.3. The van der Waals surface area contributed by atoms with Crippen LogP contribution in [0.15, 0.2) is 0 Å². The minimum absolute atomic E-state index is 0.764. The van der Waals surface area contributed by atoms with Gasteiger partial charge >= 0.3 is 0 Å². The topological polar surface area (TPSA) is 55.7 Å². The normalized spacial score (nSPS) is 12.8. The molecule has 0 saturated heterocycles. The highest BCUT2D eigenvalue weighted by atomic mass is 16.5. The van der Waals surface area contributed by atoms with E-state index in [2.05, 4.69) is 0 Å². The minimum Gasteiger partial charge on any atom is -0.315 e. The molecule has 0 rings (SSSR count). The van der Waals surface area contributed by atoms with Gasteiger partial charge in [-0.1, -0.05) is 0 Å². The highest BCUT2D eigenvalue weighted by molar-refractivity contribution is 4.63. The summed E-state index contributed by atoms with van der Waals surface area (Å²) in [4.78, 5) is 0. The smallest absolute Gasteiger partial charge is 0.111 e. The van der Waals surface area contributed by atoms with Gasteiger partial charge in [0.1, 0.15) is 5.66 Å². The minimum atomic E-state index is -0.764. The Labute approximate surface area is 48.6 Å². The van der Waals surface area contributed by atoms with Crippen LogP contribution in [0.1, 0.15) is 13.8 Å². The molecule has 0 aliphatic heterocycles. The first-order valence-corrected chi connectivity index (χ1v) is 2.34. The van der Waals surface area contributed by atoms with Crippen LogP contribution >= 0.6 is 0 Å². The van der Waals surface area contributed by atoms with E-state index < -0.39 is 5.66 Å². The lowest BCUT2D eigenvalue weighted by Crippen LogP contribution is -2.49. The van der Waals surface area contributed by atoms with Crippen LogP contribution in [-0.4, -0.2) is 28.2 Å². The Morgan fingerprint density at radius 3 is 1.88 bits per heavy atom. The summed E-state index contributed by atoms with van der Waals surface area (Å²) >= 11 is 0. The third kappa shape index (κ3) is 1.75. The van der Waals surface area contributed by atoms with E-state index in [0.29, 0.717) is 0 Å². The van der Waals surface area contributed by atoms with Crippen molar-refractivity contribution in [3.8, 4) is 0 Å². The summed E-state index contributed by atoms with van der Waals surface area (Å²) in [6.45, 7) is 3.26. The van der Waals surface area contributed by atoms with E-state index in [1.807, 2.05) is 5.48 Å². The fourth-order valence-corrected chi connectivity index (χ4v) is 0.0724. The van der Waals surface area contributed by atoms with Crippen LogP contribution < -0.4 is 5.48 Å². The fourth-order valence-electron chi connectivity index (χ4n) is 0.0724. The van der Waals surface area contributed by atoms with Crippen LogP contribution in [0.5, 0.6) is 0 Å². The monoisotopic (exact) mass is 120 g/mol. The molecular formula is C4H12N2O2. The Balaban J connectivity index is 3.71. The van der Waals surface area contributed by atoms with Crippen LogP contribution in [0.25, 0.3) is 0 Å². The van der Waals surface area contributed by atoms with E-state index >= 15 is 0 Å². The SMILES string of the molecule is CN(O)C(C)(C)NO. The molecule has 0 atom stereocenters. The molecule has 3 N–H and O–H groups in total. The number of nitrogens with zero attached hydrogens (tertiary/aromatic N) is 1. The second kappa shape index (κ2) is 2.41. The van der Waals surface area contributed by atoms with Crippen molar-refractivity contribution in [1.29, 1.82) is 0 Å². The average Bonchev–Trinajstić information content (AvgIpc) is 1.67. The Morgan fingerprint density at radius 1 is 1.50 bits per heavy atom. The van der Waals surface area contributed by atoms with Crippen molar-refractivity contribution >= 4 is 0 Å². The highest BCUT2D eigenvalue weighted by Crippen LogP contribution is 2.01. The first-order valence-electron chi connectivity index (χ1n) is 2.34. The van der Waals surface area contributed by atoms with Crippen LogP contribution in [0.3, 0.4) is 0 Å². The van der Waals surface area contributed by atoms with Gasteiger partial charge in [-0.3, -0.25) is 0 Å². The quantitative estimate of drug-likeness (QED) is 0.355. The predicted molar refractivity (Wildman–Crippen MR) is 28.6 cm³/mol. The maximum atomic E-state index is 8.69. The number of hydrogen-bond donors (Lipinski definition) is 3. The number of hydroxylamine groups is 3. The third-order valence-electron chi connectivity index (χ3n) is 1.08. The zero-order valence-electron chi connectivity index (χ0n) is 5.34. The van der Waals surface area contributed by atoms with E-state index in [-0.39, 0.29) is 0 Å². The molecule has 0 amide bonds. The Hall–Kier alpha value is -0.160. The molecule has 0 aromatic rings. The largest absolute Gasteiger partial charge is 0.315 e. The van der Waals surface area contributed by atoms with Crippen LogP contribution in [-0.2, 0) is 0 Å². The summed E-state index contributed by atoms with van der Waals surface area (Å²) < 4.78 is 0. The number of hydrogen-bond acceptors (Lipinski definition) is 4. The lowest BCUT2D eigenvalue weighted by molar-refractivity contribution is -0.185. The van der Waals surface area contributed by atoms with Crippen molar-refractivity contribution in [2.24, 2.45) is 0 Å². The van der Waals surface area contributed by atoms with Crippen molar-refractivity contribution in [2.45, 2.75) is 19.5 Å². The van der Waals surface area contributed by atoms with E-state index in [1.165, 1.54) is 7.05 Å².